The molecule has 0 aromatic carbocycles. The highest BCUT2D eigenvalue weighted by atomic mass is 16.4. The molecule has 0 spiro atoms. The number of carbonyl (C=O) groups excluding carboxylic acids is 1. The maximum atomic E-state index is 12.4. The molecule has 2 heterocycles. The quantitative estimate of drug-likeness (QED) is 0.819. The Morgan fingerprint density at radius 3 is 2.79 bits per heavy atom. The van der Waals surface area contributed by atoms with Gasteiger partial charge in [0.15, 0.2) is 5.82 Å². The summed E-state index contributed by atoms with van der Waals surface area (Å²) in [6, 6.07) is 0. The number of nitrogens with zero attached hydrogens (tertiary/aromatic N) is 4. The average Bonchev–Trinajstić information content (AvgIpc) is 3.06. The molecule has 1 fully saturated rings. The molecule has 0 bridgehead atoms. The maximum Gasteiger partial charge on any atom is 0.306 e. The summed E-state index contributed by atoms with van der Waals surface area (Å²) in [6.07, 6.45) is 3.43. The van der Waals surface area contributed by atoms with Crippen molar-refractivity contribution in [2.75, 3.05) is 6.54 Å². The molecule has 102 valence electrons. The van der Waals surface area contributed by atoms with Crippen molar-refractivity contribution in [3.63, 3.8) is 0 Å². The molecule has 0 radical (unpaired) electrons. The van der Waals surface area contributed by atoms with Crippen LogP contribution in [0.15, 0.2) is 6.33 Å². The normalized spacial score (nSPS) is 26.2. The van der Waals surface area contributed by atoms with Gasteiger partial charge in [0.2, 0.25) is 5.91 Å². The van der Waals surface area contributed by atoms with Crippen LogP contribution in [0.2, 0.25) is 0 Å². The third kappa shape index (κ3) is 2.20. The second-order valence-corrected chi connectivity index (χ2v) is 5.25. The SMILES string of the molecule is O=C(O)[C@H]1CC[C@@H](C(=O)N2CCn3cnnc3C2)C1. The van der Waals surface area contributed by atoms with Gasteiger partial charge in [-0.3, -0.25) is 9.59 Å². The zero-order valence-electron chi connectivity index (χ0n) is 10.5. The van der Waals surface area contributed by atoms with Crippen molar-refractivity contribution in [1.82, 2.24) is 19.7 Å². The van der Waals surface area contributed by atoms with E-state index in [2.05, 4.69) is 10.2 Å². The first-order chi connectivity index (χ1) is 9.15. The molecule has 2 aliphatic rings. The summed E-state index contributed by atoms with van der Waals surface area (Å²) in [4.78, 5) is 25.1. The van der Waals surface area contributed by atoms with Gasteiger partial charge in [0.25, 0.3) is 0 Å². The van der Waals surface area contributed by atoms with Crippen LogP contribution >= 0.6 is 0 Å². The minimum absolute atomic E-state index is 0.0676. The Morgan fingerprint density at radius 2 is 2.05 bits per heavy atom. The van der Waals surface area contributed by atoms with Crippen molar-refractivity contribution in [3.05, 3.63) is 12.2 Å². The molecule has 7 heteroatoms. The third-order valence-corrected chi connectivity index (χ3v) is 4.08. The maximum absolute atomic E-state index is 12.4. The summed E-state index contributed by atoms with van der Waals surface area (Å²) in [5.41, 5.74) is 0. The zero-order valence-corrected chi connectivity index (χ0v) is 10.5. The number of carboxylic acids is 1. The molecular weight excluding hydrogens is 248 g/mol. The van der Waals surface area contributed by atoms with E-state index in [9.17, 15) is 9.59 Å². The van der Waals surface area contributed by atoms with Gasteiger partial charge in [-0.2, -0.15) is 0 Å². The summed E-state index contributed by atoms with van der Waals surface area (Å²) in [7, 11) is 0. The molecule has 1 saturated carbocycles. The average molecular weight is 264 g/mol. The number of hydrogen-bond donors (Lipinski definition) is 1. The zero-order chi connectivity index (χ0) is 13.4. The van der Waals surface area contributed by atoms with E-state index >= 15 is 0 Å². The Kier molecular flexibility index (Phi) is 2.96. The van der Waals surface area contributed by atoms with E-state index in [0.717, 1.165) is 5.82 Å². The first-order valence-electron chi connectivity index (χ1n) is 6.53. The number of rotatable bonds is 2. The van der Waals surface area contributed by atoms with Crippen LogP contribution in [-0.4, -0.2) is 43.2 Å². The highest BCUT2D eigenvalue weighted by molar-refractivity contribution is 5.81. The second kappa shape index (κ2) is 4.64. The fourth-order valence-corrected chi connectivity index (χ4v) is 2.94. The van der Waals surface area contributed by atoms with Crippen molar-refractivity contribution in [3.8, 4) is 0 Å². The Labute approximate surface area is 110 Å². The fourth-order valence-electron chi connectivity index (χ4n) is 2.94. The molecule has 1 N–H and O–H groups in total. The topological polar surface area (TPSA) is 88.3 Å². The molecule has 19 heavy (non-hydrogen) atoms. The molecule has 2 atom stereocenters. The summed E-state index contributed by atoms with van der Waals surface area (Å²) >= 11 is 0. The molecule has 0 unspecified atom stereocenters. The van der Waals surface area contributed by atoms with Gasteiger partial charge in [-0.15, -0.1) is 10.2 Å². The van der Waals surface area contributed by atoms with E-state index in [1.54, 1.807) is 11.2 Å². The Hall–Kier alpha value is -1.92. The Morgan fingerprint density at radius 1 is 1.26 bits per heavy atom. The summed E-state index contributed by atoms with van der Waals surface area (Å²) in [5, 5.41) is 16.8. The van der Waals surface area contributed by atoms with Gasteiger partial charge in [-0.1, -0.05) is 0 Å². The minimum atomic E-state index is -0.784. The molecule has 1 aromatic rings. The van der Waals surface area contributed by atoms with Crippen molar-refractivity contribution in [2.24, 2.45) is 11.8 Å². The first kappa shape index (κ1) is 12.1. The molecule has 3 rings (SSSR count). The van der Waals surface area contributed by atoms with E-state index in [0.29, 0.717) is 38.9 Å². The largest absolute Gasteiger partial charge is 0.481 e. The van der Waals surface area contributed by atoms with Crippen molar-refractivity contribution >= 4 is 11.9 Å². The molecule has 1 aliphatic heterocycles. The number of amides is 1. The van der Waals surface area contributed by atoms with Crippen molar-refractivity contribution in [1.29, 1.82) is 0 Å². The number of carbonyl (C=O) groups is 2. The van der Waals surface area contributed by atoms with Crippen LogP contribution in [-0.2, 0) is 22.7 Å². The van der Waals surface area contributed by atoms with E-state index in [1.807, 2.05) is 4.57 Å². The summed E-state index contributed by atoms with van der Waals surface area (Å²) in [6.45, 7) is 1.84. The summed E-state index contributed by atoms with van der Waals surface area (Å²) < 4.78 is 1.94. The molecule has 1 amide bonds. The highest BCUT2D eigenvalue weighted by Crippen LogP contribution is 2.32. The van der Waals surface area contributed by atoms with Crippen LogP contribution in [0.5, 0.6) is 0 Å². The van der Waals surface area contributed by atoms with E-state index in [1.165, 1.54) is 0 Å². The molecule has 1 aromatic heterocycles. The van der Waals surface area contributed by atoms with Gasteiger partial charge in [-0.05, 0) is 19.3 Å². The van der Waals surface area contributed by atoms with Crippen molar-refractivity contribution in [2.45, 2.75) is 32.4 Å². The third-order valence-electron chi connectivity index (χ3n) is 4.08. The molecular formula is C12H16N4O3. The van der Waals surface area contributed by atoms with Crippen LogP contribution in [0, 0.1) is 11.8 Å². The van der Waals surface area contributed by atoms with E-state index < -0.39 is 5.97 Å². The van der Waals surface area contributed by atoms with Crippen LogP contribution in [0.25, 0.3) is 0 Å². The van der Waals surface area contributed by atoms with Gasteiger partial charge >= 0.3 is 5.97 Å². The van der Waals surface area contributed by atoms with Crippen LogP contribution < -0.4 is 0 Å². The lowest BCUT2D eigenvalue weighted by atomic mass is 10.0. The number of hydrogen-bond acceptors (Lipinski definition) is 4. The van der Waals surface area contributed by atoms with E-state index in [4.69, 9.17) is 5.11 Å². The van der Waals surface area contributed by atoms with Crippen LogP contribution in [0.4, 0.5) is 0 Å². The van der Waals surface area contributed by atoms with Crippen LogP contribution in [0.3, 0.4) is 0 Å². The molecule has 0 saturated heterocycles. The van der Waals surface area contributed by atoms with Crippen LogP contribution in [0.1, 0.15) is 25.1 Å². The first-order valence-corrected chi connectivity index (χ1v) is 6.53. The van der Waals surface area contributed by atoms with Gasteiger partial charge in [0.1, 0.15) is 6.33 Å². The second-order valence-electron chi connectivity index (χ2n) is 5.25. The standard InChI is InChI=1S/C12H16N4O3/c17-11(8-1-2-9(5-8)12(18)19)15-3-4-16-7-13-14-10(16)6-15/h7-9H,1-6H2,(H,18,19)/t8-,9+/m1/s1. The van der Waals surface area contributed by atoms with Gasteiger partial charge in [0.05, 0.1) is 12.5 Å². The predicted octanol–water partition coefficient (Wildman–Crippen LogP) is 0.121. The lowest BCUT2D eigenvalue weighted by Gasteiger charge is -2.29. The fraction of sp³-hybridized carbons (Fsp3) is 0.667. The molecule has 7 nitrogen and oxygen atoms in total. The lowest BCUT2D eigenvalue weighted by molar-refractivity contribution is -0.141. The minimum Gasteiger partial charge on any atom is -0.481 e. The lowest BCUT2D eigenvalue weighted by Crippen LogP contribution is -2.41. The number of aromatic nitrogens is 3. The Bertz CT molecular complexity index is 513. The number of aliphatic carboxylic acids is 1. The summed E-state index contributed by atoms with van der Waals surface area (Å²) in [5.74, 6) is -0.419. The van der Waals surface area contributed by atoms with Gasteiger partial charge in [-0.25, -0.2) is 0 Å². The van der Waals surface area contributed by atoms with Gasteiger partial charge < -0.3 is 14.6 Å². The number of fused-ring (bicyclic) bond motifs is 1. The highest BCUT2D eigenvalue weighted by Gasteiger charge is 2.36. The monoisotopic (exact) mass is 264 g/mol. The molecule has 1 aliphatic carbocycles. The Balaban J connectivity index is 1.65. The predicted molar refractivity (Wildman–Crippen MR) is 63.9 cm³/mol. The van der Waals surface area contributed by atoms with Crippen molar-refractivity contribution < 1.29 is 14.7 Å². The number of carboxylic acid groups (broad SMARTS) is 1. The van der Waals surface area contributed by atoms with Gasteiger partial charge in [0, 0.05) is 19.0 Å². The smallest absolute Gasteiger partial charge is 0.306 e. The van der Waals surface area contributed by atoms with E-state index in [-0.39, 0.29) is 17.7 Å².